The van der Waals surface area contributed by atoms with E-state index in [1.54, 1.807) is 11.3 Å². The average molecular weight is 474 g/mol. The molecule has 184 valence electrons. The van der Waals surface area contributed by atoms with E-state index < -0.39 is 0 Å². The van der Waals surface area contributed by atoms with Crippen LogP contribution in [0.3, 0.4) is 0 Å². The van der Waals surface area contributed by atoms with E-state index >= 15 is 0 Å². The minimum atomic E-state index is 0.0738. The average Bonchev–Trinajstić information content (AvgIpc) is 3.15. The lowest BCUT2D eigenvalue weighted by atomic mass is 9.75. The van der Waals surface area contributed by atoms with Gasteiger partial charge in [0.25, 0.3) is 0 Å². The first-order valence-electron chi connectivity index (χ1n) is 12.0. The van der Waals surface area contributed by atoms with Crippen LogP contribution in [0.1, 0.15) is 90.2 Å². The molecule has 0 spiro atoms. The normalized spacial score (nSPS) is 17.5. The van der Waals surface area contributed by atoms with Crippen LogP contribution in [0.2, 0.25) is 0 Å². The van der Waals surface area contributed by atoms with Gasteiger partial charge in [0.1, 0.15) is 17.4 Å². The van der Waals surface area contributed by atoms with Crippen LogP contribution in [0.5, 0.6) is 0 Å². The Morgan fingerprint density at radius 2 is 1.97 bits per heavy atom. The van der Waals surface area contributed by atoms with E-state index in [0.29, 0.717) is 19.4 Å². The number of allylic oxidation sites excluding steroid dienone is 3. The standard InChI is InChI=1S/C15H19N3OS.C8H12O.2C2H6/c1-15(2)5-9-4-10-11(7-16)14(17-3)20-12(10)8-18(9)13(19)6-15;1-3-5-8(2)6-4-7-9;2*1-2/h9,17H,4-6,8H2,1-3H3;3,5,7H,2,4,6H2,1H3;2*1-2H3/b;5-3-;;. The molecule has 0 bridgehead atoms. The van der Waals surface area contributed by atoms with Gasteiger partial charge in [-0.25, -0.2) is 0 Å². The van der Waals surface area contributed by atoms with Gasteiger partial charge in [-0.15, -0.1) is 11.3 Å². The molecule has 0 radical (unpaired) electrons. The number of fused-ring (bicyclic) bond motifs is 2. The number of hydrogen-bond acceptors (Lipinski definition) is 5. The third-order valence-electron chi connectivity index (χ3n) is 5.35. The number of amides is 1. The zero-order chi connectivity index (χ0) is 25.6. The summed E-state index contributed by atoms with van der Waals surface area (Å²) < 4.78 is 0. The summed E-state index contributed by atoms with van der Waals surface area (Å²) >= 11 is 1.62. The minimum absolute atomic E-state index is 0.0738. The first kappa shape index (κ1) is 30.6. The second-order valence-electron chi connectivity index (χ2n) is 8.36. The molecule has 1 unspecified atom stereocenters. The molecule has 1 aromatic rings. The Labute approximate surface area is 205 Å². The second kappa shape index (κ2) is 15.4. The van der Waals surface area contributed by atoms with Gasteiger partial charge in [-0.2, -0.15) is 5.26 Å². The molecular weight excluding hydrogens is 430 g/mol. The van der Waals surface area contributed by atoms with E-state index in [4.69, 9.17) is 0 Å². The number of aldehydes is 1. The summed E-state index contributed by atoms with van der Waals surface area (Å²) in [4.78, 5) is 25.4. The fraction of sp³-hybridized carbons (Fsp3) is 0.593. The SMILES string of the molecule is C=C(/C=C\C)CCC=O.CC.CC.CNc1sc2c(c1C#N)CC1CC(C)(C)CC(=O)N1C2. The van der Waals surface area contributed by atoms with Gasteiger partial charge in [0.05, 0.1) is 12.1 Å². The predicted octanol–water partition coefficient (Wildman–Crippen LogP) is 6.88. The molecule has 0 aliphatic carbocycles. The maximum Gasteiger partial charge on any atom is 0.223 e. The summed E-state index contributed by atoms with van der Waals surface area (Å²) in [6, 6.07) is 2.58. The van der Waals surface area contributed by atoms with Crippen molar-refractivity contribution in [1.82, 2.24) is 4.90 Å². The zero-order valence-corrected chi connectivity index (χ0v) is 22.7. The Morgan fingerprint density at radius 3 is 2.48 bits per heavy atom. The highest BCUT2D eigenvalue weighted by Crippen LogP contribution is 2.43. The highest BCUT2D eigenvalue weighted by atomic mass is 32.1. The van der Waals surface area contributed by atoms with Crippen LogP contribution in [0.25, 0.3) is 0 Å². The Kier molecular flexibility index (Phi) is 14.3. The maximum atomic E-state index is 12.3. The highest BCUT2D eigenvalue weighted by Gasteiger charge is 2.42. The summed E-state index contributed by atoms with van der Waals surface area (Å²) in [6.07, 6.45) is 8.61. The van der Waals surface area contributed by atoms with Crippen molar-refractivity contribution in [2.45, 2.75) is 93.2 Å². The highest BCUT2D eigenvalue weighted by molar-refractivity contribution is 7.16. The molecule has 1 atom stereocenters. The third-order valence-corrected chi connectivity index (χ3v) is 6.58. The molecule has 3 heterocycles. The largest absolute Gasteiger partial charge is 0.379 e. The topological polar surface area (TPSA) is 73.2 Å². The number of piperidine rings is 1. The van der Waals surface area contributed by atoms with Crippen molar-refractivity contribution in [2.24, 2.45) is 5.41 Å². The monoisotopic (exact) mass is 473 g/mol. The number of rotatable bonds is 5. The van der Waals surface area contributed by atoms with Crippen LogP contribution < -0.4 is 5.32 Å². The Morgan fingerprint density at radius 1 is 1.33 bits per heavy atom. The van der Waals surface area contributed by atoms with Gasteiger partial charge < -0.3 is 15.0 Å². The van der Waals surface area contributed by atoms with Crippen molar-refractivity contribution in [2.75, 3.05) is 12.4 Å². The summed E-state index contributed by atoms with van der Waals surface area (Å²) in [5.74, 6) is 0.259. The van der Waals surface area contributed by atoms with E-state index in [-0.39, 0.29) is 17.4 Å². The van der Waals surface area contributed by atoms with Crippen molar-refractivity contribution in [1.29, 1.82) is 5.26 Å². The van der Waals surface area contributed by atoms with Crippen LogP contribution in [-0.2, 0) is 22.6 Å². The van der Waals surface area contributed by atoms with Crippen molar-refractivity contribution in [3.05, 3.63) is 40.3 Å². The summed E-state index contributed by atoms with van der Waals surface area (Å²) in [7, 11) is 1.85. The fourth-order valence-corrected chi connectivity index (χ4v) is 5.17. The molecule has 2 aliphatic heterocycles. The van der Waals surface area contributed by atoms with E-state index in [1.807, 2.05) is 58.7 Å². The number of hydrogen-bond donors (Lipinski definition) is 1. The lowest BCUT2D eigenvalue weighted by Gasteiger charge is -2.45. The lowest BCUT2D eigenvalue weighted by molar-refractivity contribution is -0.142. The lowest BCUT2D eigenvalue weighted by Crippen LogP contribution is -2.51. The van der Waals surface area contributed by atoms with Crippen LogP contribution >= 0.6 is 11.3 Å². The van der Waals surface area contributed by atoms with Crippen molar-refractivity contribution < 1.29 is 9.59 Å². The molecule has 6 heteroatoms. The van der Waals surface area contributed by atoms with Crippen molar-refractivity contribution in [3.63, 3.8) is 0 Å². The molecule has 2 aliphatic rings. The van der Waals surface area contributed by atoms with Gasteiger partial charge in [0, 0.05) is 30.8 Å². The molecule has 1 N–H and O–H groups in total. The van der Waals surface area contributed by atoms with Crippen LogP contribution in [0.4, 0.5) is 5.00 Å². The summed E-state index contributed by atoms with van der Waals surface area (Å²) in [6.45, 7) is 18.7. The molecule has 1 saturated heterocycles. The van der Waals surface area contributed by atoms with E-state index in [2.05, 4.69) is 31.8 Å². The van der Waals surface area contributed by atoms with Crippen LogP contribution in [-0.4, -0.2) is 30.2 Å². The number of anilines is 1. The molecular formula is C27H43N3O2S. The molecule has 5 nitrogen and oxygen atoms in total. The van der Waals surface area contributed by atoms with E-state index in [0.717, 1.165) is 47.2 Å². The summed E-state index contributed by atoms with van der Waals surface area (Å²) in [5, 5.41) is 13.4. The van der Waals surface area contributed by atoms with Gasteiger partial charge in [0.2, 0.25) is 5.91 Å². The van der Waals surface area contributed by atoms with Gasteiger partial charge >= 0.3 is 0 Å². The van der Waals surface area contributed by atoms with Gasteiger partial charge in [-0.1, -0.05) is 65.8 Å². The first-order valence-corrected chi connectivity index (χ1v) is 12.8. The van der Waals surface area contributed by atoms with Gasteiger partial charge in [0.15, 0.2) is 0 Å². The number of carbonyl (C=O) groups excluding carboxylic acids is 2. The molecule has 0 aromatic carbocycles. The van der Waals surface area contributed by atoms with Crippen LogP contribution in [0, 0.1) is 16.7 Å². The van der Waals surface area contributed by atoms with Crippen LogP contribution in [0.15, 0.2) is 24.3 Å². The number of carbonyl (C=O) groups is 2. The zero-order valence-electron chi connectivity index (χ0n) is 21.9. The molecule has 33 heavy (non-hydrogen) atoms. The fourth-order valence-electron chi connectivity index (χ4n) is 4.04. The second-order valence-corrected chi connectivity index (χ2v) is 9.46. The molecule has 1 aromatic heterocycles. The number of nitrogens with one attached hydrogen (secondary N) is 1. The minimum Gasteiger partial charge on any atom is -0.379 e. The quantitative estimate of drug-likeness (QED) is 0.373. The molecule has 1 amide bonds. The smallest absolute Gasteiger partial charge is 0.223 e. The Bertz CT molecular complexity index is 846. The Hall–Kier alpha value is -2.39. The molecule has 3 rings (SSSR count). The van der Waals surface area contributed by atoms with Gasteiger partial charge in [-0.05, 0) is 37.2 Å². The van der Waals surface area contributed by atoms with Crippen molar-refractivity contribution >= 4 is 28.5 Å². The molecule has 0 saturated carbocycles. The first-order chi connectivity index (χ1) is 15.8. The van der Waals surface area contributed by atoms with Gasteiger partial charge in [-0.3, -0.25) is 4.79 Å². The third kappa shape index (κ3) is 8.81. The number of nitriles is 1. The molecule has 1 fully saturated rings. The predicted molar refractivity (Wildman–Crippen MR) is 142 cm³/mol. The summed E-state index contributed by atoms with van der Waals surface area (Å²) in [5.41, 5.74) is 3.03. The van der Waals surface area contributed by atoms with Crippen molar-refractivity contribution in [3.8, 4) is 6.07 Å². The van der Waals surface area contributed by atoms with E-state index in [1.165, 1.54) is 4.88 Å². The number of thiophene rings is 1. The maximum absolute atomic E-state index is 12.3. The Balaban J connectivity index is 0.000000669. The number of nitrogens with zero attached hydrogens (tertiary/aromatic N) is 2. The van der Waals surface area contributed by atoms with E-state index in [9.17, 15) is 14.9 Å².